The smallest absolute Gasteiger partial charge is 0.266 e. The molecule has 0 unspecified atom stereocenters. The van der Waals surface area contributed by atoms with E-state index in [0.717, 1.165) is 28.2 Å². The topological polar surface area (TPSA) is 90.8 Å². The largest absolute Gasteiger partial charge is 0.489 e. The lowest BCUT2D eigenvalue weighted by molar-refractivity contribution is -0.112. The number of rotatable bonds is 7. The normalized spacial score (nSPS) is 10.9. The molecular formula is C30H22Cl2N4O2. The maximum Gasteiger partial charge on any atom is 0.266 e. The SMILES string of the molecule is Cc1cc(C=C(C#N)C(=O)Nc2cccc(Cl)c2Cl)c(C)n1-c1ccc(OCc2ccccc2C#N)cc1. The lowest BCUT2D eigenvalue weighted by atomic mass is 10.1. The van der Waals surface area contributed by atoms with Crippen LogP contribution in [-0.2, 0) is 11.4 Å². The van der Waals surface area contributed by atoms with Crippen LogP contribution in [0.5, 0.6) is 5.75 Å². The summed E-state index contributed by atoms with van der Waals surface area (Å²) in [6.45, 7) is 4.16. The molecule has 1 N–H and O–H groups in total. The summed E-state index contributed by atoms with van der Waals surface area (Å²) in [5, 5.41) is 22.1. The first-order chi connectivity index (χ1) is 18.3. The van der Waals surface area contributed by atoms with Gasteiger partial charge < -0.3 is 14.6 Å². The number of hydrogen-bond acceptors (Lipinski definition) is 4. The zero-order chi connectivity index (χ0) is 27.2. The van der Waals surface area contributed by atoms with Gasteiger partial charge in [-0.1, -0.05) is 47.5 Å². The van der Waals surface area contributed by atoms with Crippen molar-refractivity contribution in [3.63, 3.8) is 0 Å². The maximum absolute atomic E-state index is 12.8. The van der Waals surface area contributed by atoms with Crippen LogP contribution in [0.4, 0.5) is 5.69 Å². The number of ether oxygens (including phenoxy) is 1. The molecule has 0 aliphatic heterocycles. The summed E-state index contributed by atoms with van der Waals surface area (Å²) in [4.78, 5) is 12.8. The van der Waals surface area contributed by atoms with Crippen molar-refractivity contribution in [1.82, 2.24) is 4.57 Å². The Bertz CT molecular complexity index is 1620. The standard InChI is InChI=1S/C30H22Cl2N4O2/c1-19-14-23(15-24(17-34)30(37)35-28-9-5-8-27(31)29(28)32)20(2)36(19)25-10-12-26(13-11-25)38-18-22-7-4-3-6-21(22)16-33/h3-15H,18H2,1-2H3,(H,35,37). The quantitative estimate of drug-likeness (QED) is 0.195. The third-order valence-electron chi connectivity index (χ3n) is 5.96. The zero-order valence-electron chi connectivity index (χ0n) is 20.6. The molecule has 38 heavy (non-hydrogen) atoms. The van der Waals surface area contributed by atoms with E-state index in [-0.39, 0.29) is 10.6 Å². The molecule has 0 bridgehead atoms. The minimum atomic E-state index is -0.582. The molecular weight excluding hydrogens is 519 g/mol. The van der Waals surface area contributed by atoms with Crippen LogP contribution in [0.3, 0.4) is 0 Å². The fourth-order valence-corrected chi connectivity index (χ4v) is 4.38. The Morgan fingerprint density at radius 3 is 2.47 bits per heavy atom. The van der Waals surface area contributed by atoms with Crippen molar-refractivity contribution in [2.24, 2.45) is 0 Å². The molecule has 1 aromatic heterocycles. The van der Waals surface area contributed by atoms with Crippen LogP contribution in [0.2, 0.25) is 10.0 Å². The molecule has 188 valence electrons. The number of nitrogens with one attached hydrogen (secondary N) is 1. The number of carbonyl (C=O) groups is 1. The van der Waals surface area contributed by atoms with Crippen molar-refractivity contribution >= 4 is 40.9 Å². The van der Waals surface area contributed by atoms with E-state index >= 15 is 0 Å². The van der Waals surface area contributed by atoms with Gasteiger partial charge in [-0.2, -0.15) is 10.5 Å². The number of anilines is 1. The average molecular weight is 541 g/mol. The molecule has 0 atom stereocenters. The third-order valence-corrected chi connectivity index (χ3v) is 6.78. The molecule has 0 aliphatic carbocycles. The van der Waals surface area contributed by atoms with E-state index in [1.54, 1.807) is 30.3 Å². The van der Waals surface area contributed by atoms with Gasteiger partial charge >= 0.3 is 0 Å². The van der Waals surface area contributed by atoms with Crippen LogP contribution in [0, 0.1) is 36.5 Å². The second-order valence-electron chi connectivity index (χ2n) is 8.44. The number of hydrogen-bond donors (Lipinski definition) is 1. The Kier molecular flexibility index (Phi) is 8.19. The van der Waals surface area contributed by atoms with Gasteiger partial charge in [0.25, 0.3) is 5.91 Å². The molecule has 0 saturated carbocycles. The first-order valence-corrected chi connectivity index (χ1v) is 12.3. The number of carbonyl (C=O) groups excluding carboxylic acids is 1. The summed E-state index contributed by atoms with van der Waals surface area (Å²) >= 11 is 12.2. The summed E-state index contributed by atoms with van der Waals surface area (Å²) in [7, 11) is 0. The number of aryl methyl sites for hydroxylation is 1. The lowest BCUT2D eigenvalue weighted by Gasteiger charge is -2.12. The summed E-state index contributed by atoms with van der Waals surface area (Å²) in [5.41, 5.74) is 5.10. The average Bonchev–Trinajstić information content (AvgIpc) is 3.21. The second kappa shape index (κ2) is 11.7. The Hall–Kier alpha value is -4.49. The van der Waals surface area contributed by atoms with Crippen molar-refractivity contribution in [2.45, 2.75) is 20.5 Å². The molecule has 1 heterocycles. The summed E-state index contributed by atoms with van der Waals surface area (Å²) in [6, 6.07) is 25.9. The summed E-state index contributed by atoms with van der Waals surface area (Å²) in [6.07, 6.45) is 1.55. The number of nitriles is 2. The van der Waals surface area contributed by atoms with E-state index in [2.05, 4.69) is 11.4 Å². The van der Waals surface area contributed by atoms with Crippen LogP contribution in [-0.4, -0.2) is 10.5 Å². The first-order valence-electron chi connectivity index (χ1n) is 11.6. The maximum atomic E-state index is 12.8. The Balaban J connectivity index is 1.53. The van der Waals surface area contributed by atoms with Crippen LogP contribution in [0.25, 0.3) is 11.8 Å². The lowest BCUT2D eigenvalue weighted by Crippen LogP contribution is -2.13. The van der Waals surface area contributed by atoms with Crippen LogP contribution in [0.15, 0.2) is 78.4 Å². The van der Waals surface area contributed by atoms with Gasteiger partial charge in [-0.3, -0.25) is 4.79 Å². The Labute approximate surface area is 230 Å². The van der Waals surface area contributed by atoms with Gasteiger partial charge in [0.15, 0.2) is 0 Å². The fourth-order valence-electron chi connectivity index (χ4n) is 4.03. The van der Waals surface area contributed by atoms with E-state index in [1.165, 1.54) is 0 Å². The number of halogens is 2. The summed E-state index contributed by atoms with van der Waals surface area (Å²) < 4.78 is 7.91. The molecule has 6 nitrogen and oxygen atoms in total. The third kappa shape index (κ3) is 5.74. The molecule has 3 aromatic carbocycles. The number of aromatic nitrogens is 1. The van der Waals surface area contributed by atoms with Crippen molar-refractivity contribution in [3.8, 4) is 23.6 Å². The molecule has 0 radical (unpaired) electrons. The molecule has 0 saturated heterocycles. The van der Waals surface area contributed by atoms with Gasteiger partial charge in [0.2, 0.25) is 0 Å². The first kappa shape index (κ1) is 26.6. The van der Waals surface area contributed by atoms with E-state index < -0.39 is 5.91 Å². The second-order valence-corrected chi connectivity index (χ2v) is 9.22. The van der Waals surface area contributed by atoms with E-state index in [4.69, 9.17) is 27.9 Å². The molecule has 4 rings (SSSR count). The van der Waals surface area contributed by atoms with Gasteiger partial charge in [0.05, 0.1) is 27.4 Å². The van der Waals surface area contributed by atoms with Crippen molar-refractivity contribution in [3.05, 3.63) is 116 Å². The minimum absolute atomic E-state index is 0.0670. The van der Waals surface area contributed by atoms with Crippen molar-refractivity contribution in [1.29, 1.82) is 10.5 Å². The van der Waals surface area contributed by atoms with Gasteiger partial charge in [0, 0.05) is 22.6 Å². The predicted octanol–water partition coefficient (Wildman–Crippen LogP) is 7.40. The number of nitrogens with zero attached hydrogens (tertiary/aromatic N) is 3. The van der Waals surface area contributed by atoms with Crippen molar-refractivity contribution < 1.29 is 9.53 Å². The number of amides is 1. The molecule has 0 spiro atoms. The monoisotopic (exact) mass is 540 g/mol. The van der Waals surface area contributed by atoms with Gasteiger partial charge in [-0.05, 0) is 74.0 Å². The highest BCUT2D eigenvalue weighted by atomic mass is 35.5. The molecule has 8 heteroatoms. The van der Waals surface area contributed by atoms with E-state index in [1.807, 2.05) is 73.0 Å². The fraction of sp³-hybridized carbons (Fsp3) is 0.100. The van der Waals surface area contributed by atoms with Crippen molar-refractivity contribution in [2.75, 3.05) is 5.32 Å². The van der Waals surface area contributed by atoms with Gasteiger partial charge in [-0.15, -0.1) is 0 Å². The highest BCUT2D eigenvalue weighted by molar-refractivity contribution is 6.44. The van der Waals surface area contributed by atoms with Gasteiger partial charge in [-0.25, -0.2) is 0 Å². The zero-order valence-corrected chi connectivity index (χ0v) is 22.1. The summed E-state index contributed by atoms with van der Waals surface area (Å²) in [5.74, 6) is 0.0909. The molecule has 0 aliphatic rings. The molecule has 0 fully saturated rings. The van der Waals surface area contributed by atoms with Crippen LogP contribution < -0.4 is 10.1 Å². The van der Waals surface area contributed by atoms with Crippen LogP contribution in [0.1, 0.15) is 28.1 Å². The van der Waals surface area contributed by atoms with Crippen LogP contribution >= 0.6 is 23.2 Å². The molecule has 1 amide bonds. The Morgan fingerprint density at radius 1 is 1.03 bits per heavy atom. The molecule has 4 aromatic rings. The van der Waals surface area contributed by atoms with E-state index in [0.29, 0.717) is 28.6 Å². The van der Waals surface area contributed by atoms with E-state index in [9.17, 15) is 15.3 Å². The Morgan fingerprint density at radius 2 is 1.76 bits per heavy atom. The highest BCUT2D eigenvalue weighted by Gasteiger charge is 2.16. The number of benzene rings is 3. The highest BCUT2D eigenvalue weighted by Crippen LogP contribution is 2.30. The van der Waals surface area contributed by atoms with Gasteiger partial charge in [0.1, 0.15) is 24.0 Å². The predicted molar refractivity (Wildman–Crippen MR) is 149 cm³/mol. The minimum Gasteiger partial charge on any atom is -0.489 e.